The number of hydrogen-bond acceptors (Lipinski definition) is 2. The van der Waals surface area contributed by atoms with E-state index in [4.69, 9.17) is 0 Å². The van der Waals surface area contributed by atoms with E-state index in [1.54, 1.807) is 0 Å². The van der Waals surface area contributed by atoms with Gasteiger partial charge in [-0.05, 0) is 37.6 Å². The molecule has 0 saturated carbocycles. The van der Waals surface area contributed by atoms with Crippen LogP contribution in [0.1, 0.15) is 17.7 Å². The fourth-order valence-electron chi connectivity index (χ4n) is 1.74. The standard InChI is InChI=1S/C12H16N2/c1-10-5-6-12(13-8-10)11-4-3-7-14(2)9-11/h4-6,8H,3,7,9H2,1-2H3. The van der Waals surface area contributed by atoms with Crippen LogP contribution in [-0.2, 0) is 0 Å². The molecule has 0 aliphatic carbocycles. The van der Waals surface area contributed by atoms with Crippen LogP contribution in [0.3, 0.4) is 0 Å². The molecule has 0 aromatic carbocycles. The molecule has 14 heavy (non-hydrogen) atoms. The normalized spacial score (nSPS) is 18.0. The van der Waals surface area contributed by atoms with Crippen LogP contribution in [0, 0.1) is 6.92 Å². The zero-order valence-electron chi connectivity index (χ0n) is 8.83. The van der Waals surface area contributed by atoms with Gasteiger partial charge in [0.15, 0.2) is 0 Å². The maximum Gasteiger partial charge on any atom is 0.0671 e. The van der Waals surface area contributed by atoms with Gasteiger partial charge in [0.25, 0.3) is 0 Å². The van der Waals surface area contributed by atoms with Crippen LogP contribution in [-0.4, -0.2) is 30.0 Å². The largest absolute Gasteiger partial charge is 0.302 e. The van der Waals surface area contributed by atoms with Gasteiger partial charge in [-0.2, -0.15) is 0 Å². The minimum absolute atomic E-state index is 1.02. The molecule has 0 amide bonds. The van der Waals surface area contributed by atoms with Crippen molar-refractivity contribution in [1.29, 1.82) is 0 Å². The SMILES string of the molecule is Cc1ccc(C2=CCCN(C)C2)nc1. The number of rotatable bonds is 1. The molecule has 74 valence electrons. The second-order valence-corrected chi connectivity index (χ2v) is 3.98. The van der Waals surface area contributed by atoms with Gasteiger partial charge in [-0.25, -0.2) is 0 Å². The van der Waals surface area contributed by atoms with Crippen LogP contribution in [0.25, 0.3) is 5.57 Å². The van der Waals surface area contributed by atoms with Gasteiger partial charge < -0.3 is 4.90 Å². The Hall–Kier alpha value is -1.15. The molecular formula is C12H16N2. The zero-order valence-corrected chi connectivity index (χ0v) is 8.83. The van der Waals surface area contributed by atoms with Gasteiger partial charge in [0, 0.05) is 19.3 Å². The molecule has 0 unspecified atom stereocenters. The van der Waals surface area contributed by atoms with Crippen molar-refractivity contribution in [2.75, 3.05) is 20.1 Å². The van der Waals surface area contributed by atoms with E-state index < -0.39 is 0 Å². The van der Waals surface area contributed by atoms with E-state index in [9.17, 15) is 0 Å². The Morgan fingerprint density at radius 2 is 2.21 bits per heavy atom. The van der Waals surface area contributed by atoms with E-state index in [1.807, 2.05) is 6.20 Å². The summed E-state index contributed by atoms with van der Waals surface area (Å²) in [6, 6.07) is 4.23. The lowest BCUT2D eigenvalue weighted by molar-refractivity contribution is 0.372. The monoisotopic (exact) mass is 188 g/mol. The lowest BCUT2D eigenvalue weighted by atomic mass is 10.1. The highest BCUT2D eigenvalue weighted by Gasteiger charge is 2.10. The fraction of sp³-hybridized carbons (Fsp3) is 0.417. The predicted molar refractivity (Wildman–Crippen MR) is 59.1 cm³/mol. The molecule has 2 heteroatoms. The Labute approximate surface area is 85.3 Å². The Morgan fingerprint density at radius 1 is 1.36 bits per heavy atom. The Balaban J connectivity index is 2.22. The van der Waals surface area contributed by atoms with Crippen LogP contribution in [0.15, 0.2) is 24.4 Å². The highest BCUT2D eigenvalue weighted by atomic mass is 15.1. The third kappa shape index (κ3) is 2.02. The average Bonchev–Trinajstić information content (AvgIpc) is 2.19. The van der Waals surface area contributed by atoms with Gasteiger partial charge in [-0.3, -0.25) is 4.98 Å². The first-order chi connectivity index (χ1) is 6.75. The van der Waals surface area contributed by atoms with E-state index in [0.717, 1.165) is 25.2 Å². The molecular weight excluding hydrogens is 172 g/mol. The van der Waals surface area contributed by atoms with Crippen molar-refractivity contribution in [1.82, 2.24) is 9.88 Å². The maximum absolute atomic E-state index is 4.44. The second-order valence-electron chi connectivity index (χ2n) is 3.98. The maximum atomic E-state index is 4.44. The number of aryl methyl sites for hydroxylation is 1. The first kappa shape index (κ1) is 9.41. The molecule has 0 saturated heterocycles. The summed E-state index contributed by atoms with van der Waals surface area (Å²) in [6.07, 6.45) is 5.38. The number of aromatic nitrogens is 1. The molecule has 0 radical (unpaired) electrons. The van der Waals surface area contributed by atoms with E-state index in [2.05, 4.69) is 42.1 Å². The molecule has 2 nitrogen and oxygen atoms in total. The quantitative estimate of drug-likeness (QED) is 0.671. The summed E-state index contributed by atoms with van der Waals surface area (Å²) >= 11 is 0. The Kier molecular flexibility index (Phi) is 2.64. The van der Waals surface area contributed by atoms with Crippen molar-refractivity contribution in [3.8, 4) is 0 Å². The molecule has 1 aliphatic heterocycles. The summed E-state index contributed by atoms with van der Waals surface area (Å²) in [5.74, 6) is 0. The van der Waals surface area contributed by atoms with E-state index >= 15 is 0 Å². The first-order valence-electron chi connectivity index (χ1n) is 5.06. The number of likely N-dealkylation sites (N-methyl/N-ethyl adjacent to an activating group) is 1. The summed E-state index contributed by atoms with van der Waals surface area (Å²) in [5, 5.41) is 0. The highest BCUT2D eigenvalue weighted by Crippen LogP contribution is 2.17. The summed E-state index contributed by atoms with van der Waals surface area (Å²) in [5.41, 5.74) is 3.71. The fourth-order valence-corrected chi connectivity index (χ4v) is 1.74. The minimum Gasteiger partial charge on any atom is -0.302 e. The van der Waals surface area contributed by atoms with Crippen molar-refractivity contribution in [2.24, 2.45) is 0 Å². The molecule has 2 heterocycles. The summed E-state index contributed by atoms with van der Waals surface area (Å²) in [4.78, 5) is 6.77. The smallest absolute Gasteiger partial charge is 0.0671 e. The molecule has 1 aromatic heterocycles. The summed E-state index contributed by atoms with van der Waals surface area (Å²) in [7, 11) is 2.15. The van der Waals surface area contributed by atoms with Gasteiger partial charge in [0.2, 0.25) is 0 Å². The van der Waals surface area contributed by atoms with Gasteiger partial charge in [-0.1, -0.05) is 12.1 Å². The molecule has 0 N–H and O–H groups in total. The predicted octanol–water partition coefficient (Wildman–Crippen LogP) is 2.11. The molecule has 0 spiro atoms. The lowest BCUT2D eigenvalue weighted by Crippen LogP contribution is -2.25. The summed E-state index contributed by atoms with van der Waals surface area (Å²) in [6.45, 7) is 4.25. The number of hydrogen-bond donors (Lipinski definition) is 0. The van der Waals surface area contributed by atoms with Crippen molar-refractivity contribution < 1.29 is 0 Å². The molecule has 1 aromatic rings. The number of pyridine rings is 1. The van der Waals surface area contributed by atoms with Gasteiger partial charge in [-0.15, -0.1) is 0 Å². The average molecular weight is 188 g/mol. The Bertz CT molecular complexity index is 338. The van der Waals surface area contributed by atoms with Gasteiger partial charge in [0.05, 0.1) is 5.69 Å². The molecule has 0 bridgehead atoms. The molecule has 0 atom stereocenters. The second kappa shape index (κ2) is 3.93. The van der Waals surface area contributed by atoms with Crippen molar-refractivity contribution in [2.45, 2.75) is 13.3 Å². The zero-order chi connectivity index (χ0) is 9.97. The van der Waals surface area contributed by atoms with Crippen LogP contribution < -0.4 is 0 Å². The van der Waals surface area contributed by atoms with Crippen molar-refractivity contribution in [3.05, 3.63) is 35.7 Å². The van der Waals surface area contributed by atoms with Crippen LogP contribution in [0.2, 0.25) is 0 Å². The van der Waals surface area contributed by atoms with E-state index in [1.165, 1.54) is 11.1 Å². The Morgan fingerprint density at radius 3 is 2.86 bits per heavy atom. The molecule has 0 fully saturated rings. The topological polar surface area (TPSA) is 16.1 Å². The minimum atomic E-state index is 1.02. The van der Waals surface area contributed by atoms with Crippen molar-refractivity contribution in [3.63, 3.8) is 0 Å². The molecule has 2 rings (SSSR count). The summed E-state index contributed by atoms with van der Waals surface area (Å²) < 4.78 is 0. The van der Waals surface area contributed by atoms with Crippen LogP contribution >= 0.6 is 0 Å². The third-order valence-corrected chi connectivity index (χ3v) is 2.58. The van der Waals surface area contributed by atoms with E-state index in [0.29, 0.717) is 0 Å². The third-order valence-electron chi connectivity index (χ3n) is 2.58. The van der Waals surface area contributed by atoms with Crippen LogP contribution in [0.5, 0.6) is 0 Å². The van der Waals surface area contributed by atoms with Crippen molar-refractivity contribution >= 4 is 5.57 Å². The van der Waals surface area contributed by atoms with Crippen LogP contribution in [0.4, 0.5) is 0 Å². The highest BCUT2D eigenvalue weighted by molar-refractivity contribution is 5.64. The lowest BCUT2D eigenvalue weighted by Gasteiger charge is -2.22. The first-order valence-corrected chi connectivity index (χ1v) is 5.06. The molecule has 1 aliphatic rings. The van der Waals surface area contributed by atoms with E-state index in [-0.39, 0.29) is 0 Å². The van der Waals surface area contributed by atoms with Gasteiger partial charge >= 0.3 is 0 Å². The van der Waals surface area contributed by atoms with Gasteiger partial charge in [0.1, 0.15) is 0 Å². The number of nitrogens with zero attached hydrogens (tertiary/aromatic N) is 2.